The monoisotopic (exact) mass is 437 g/mol. The second kappa shape index (κ2) is 8.90. The van der Waals surface area contributed by atoms with Gasteiger partial charge in [0.05, 0.1) is 11.0 Å². The molecule has 3 aromatic carbocycles. The van der Waals surface area contributed by atoms with E-state index in [1.807, 2.05) is 79.7 Å². The lowest BCUT2D eigenvalue weighted by Gasteiger charge is -2.25. The lowest BCUT2D eigenvalue weighted by Crippen LogP contribution is -2.38. The number of hydrogen-bond acceptors (Lipinski definition) is 2. The van der Waals surface area contributed by atoms with E-state index >= 15 is 0 Å². The van der Waals surface area contributed by atoms with Crippen LogP contribution in [0.25, 0.3) is 11.0 Å². The number of rotatable bonds is 6. The van der Waals surface area contributed by atoms with Gasteiger partial charge in [0.2, 0.25) is 0 Å². The summed E-state index contributed by atoms with van der Waals surface area (Å²) in [6.45, 7) is 2.01. The van der Waals surface area contributed by atoms with Gasteiger partial charge in [0.1, 0.15) is 0 Å². The first-order valence-corrected chi connectivity index (χ1v) is 10.5. The van der Waals surface area contributed by atoms with E-state index in [0.717, 1.165) is 28.6 Å². The molecule has 6 heteroatoms. The number of aromatic amines is 1. The van der Waals surface area contributed by atoms with Crippen molar-refractivity contribution >= 4 is 40.1 Å². The number of imidazole rings is 1. The third-order valence-corrected chi connectivity index (χ3v) is 5.74. The fourth-order valence-corrected chi connectivity index (χ4v) is 3.86. The first-order chi connectivity index (χ1) is 14.5. The van der Waals surface area contributed by atoms with Gasteiger partial charge in [-0.3, -0.25) is 4.79 Å². The van der Waals surface area contributed by atoms with Crippen molar-refractivity contribution in [3.05, 3.63) is 99.8 Å². The Morgan fingerprint density at radius 2 is 1.60 bits per heavy atom. The van der Waals surface area contributed by atoms with Crippen LogP contribution in [0.15, 0.2) is 72.8 Å². The zero-order valence-electron chi connectivity index (χ0n) is 16.4. The molecule has 4 nitrogen and oxygen atoms in total. The molecule has 0 saturated heterocycles. The van der Waals surface area contributed by atoms with Gasteiger partial charge in [-0.2, -0.15) is 0 Å². The summed E-state index contributed by atoms with van der Waals surface area (Å²) in [5.41, 5.74) is 3.85. The van der Waals surface area contributed by atoms with Crippen LogP contribution in [0.4, 0.5) is 0 Å². The fourth-order valence-electron chi connectivity index (χ4n) is 3.60. The van der Waals surface area contributed by atoms with Gasteiger partial charge in [0, 0.05) is 22.0 Å². The highest BCUT2D eigenvalue weighted by Gasteiger charge is 2.23. The molecular weight excluding hydrogens is 417 g/mol. The summed E-state index contributed by atoms with van der Waals surface area (Å²) < 4.78 is 0. The molecule has 0 bridgehead atoms. The average Bonchev–Trinajstić information content (AvgIpc) is 3.18. The van der Waals surface area contributed by atoms with Crippen molar-refractivity contribution in [1.29, 1.82) is 0 Å². The average molecular weight is 438 g/mol. The van der Waals surface area contributed by atoms with Crippen LogP contribution in [-0.2, 0) is 6.42 Å². The van der Waals surface area contributed by atoms with Crippen LogP contribution in [0, 0.1) is 0 Å². The molecule has 152 valence electrons. The third kappa shape index (κ3) is 4.66. The predicted octanol–water partition coefficient (Wildman–Crippen LogP) is 6.01. The van der Waals surface area contributed by atoms with Crippen molar-refractivity contribution in [3.8, 4) is 0 Å². The van der Waals surface area contributed by atoms with E-state index in [0.29, 0.717) is 15.9 Å². The third-order valence-electron chi connectivity index (χ3n) is 5.23. The van der Waals surface area contributed by atoms with Gasteiger partial charge in [0.15, 0.2) is 5.82 Å². The van der Waals surface area contributed by atoms with Crippen molar-refractivity contribution < 1.29 is 4.79 Å². The molecular formula is C24H21Cl2N3O. The van der Waals surface area contributed by atoms with E-state index in [-0.39, 0.29) is 17.9 Å². The Morgan fingerprint density at radius 3 is 2.27 bits per heavy atom. The number of halogens is 2. The van der Waals surface area contributed by atoms with E-state index in [9.17, 15) is 4.79 Å². The molecule has 2 N–H and O–H groups in total. The summed E-state index contributed by atoms with van der Waals surface area (Å²) in [7, 11) is 0. The molecule has 0 aliphatic heterocycles. The highest BCUT2D eigenvalue weighted by molar-refractivity contribution is 6.30. The van der Waals surface area contributed by atoms with Gasteiger partial charge in [-0.15, -0.1) is 0 Å². The van der Waals surface area contributed by atoms with E-state index in [2.05, 4.69) is 15.3 Å². The van der Waals surface area contributed by atoms with Crippen molar-refractivity contribution in [2.45, 2.75) is 25.3 Å². The molecule has 0 radical (unpaired) electrons. The Hall–Kier alpha value is -2.82. The number of para-hydroxylation sites is 2. The minimum atomic E-state index is -0.228. The normalized spacial score (nSPS) is 13.2. The molecule has 0 aliphatic rings. The summed E-state index contributed by atoms with van der Waals surface area (Å²) in [5, 5.41) is 4.50. The van der Waals surface area contributed by atoms with Crippen LogP contribution < -0.4 is 5.32 Å². The highest BCUT2D eigenvalue weighted by Crippen LogP contribution is 2.27. The minimum absolute atomic E-state index is 0.0526. The molecule has 1 heterocycles. The number of nitrogens with one attached hydrogen (secondary N) is 2. The zero-order valence-corrected chi connectivity index (χ0v) is 17.9. The number of fused-ring (bicyclic) bond motifs is 1. The van der Waals surface area contributed by atoms with Crippen molar-refractivity contribution in [2.75, 3.05) is 0 Å². The van der Waals surface area contributed by atoms with Crippen LogP contribution in [0.3, 0.4) is 0 Å². The van der Waals surface area contributed by atoms with Gasteiger partial charge in [-0.1, -0.05) is 59.6 Å². The van der Waals surface area contributed by atoms with Crippen LogP contribution in [-0.4, -0.2) is 21.9 Å². The molecule has 4 aromatic rings. The van der Waals surface area contributed by atoms with Crippen LogP contribution >= 0.6 is 23.2 Å². The number of nitrogens with zero attached hydrogens (tertiary/aromatic N) is 1. The number of aromatic nitrogens is 2. The summed E-state index contributed by atoms with van der Waals surface area (Å²) in [6.07, 6.45) is 0.750. The standard InChI is InChI=1S/C24H21Cl2N3O/c1-15(27-24(30)23-28-21-4-2-3-5-22(21)29-23)20(17-8-12-19(26)13-9-17)14-16-6-10-18(25)11-7-16/h2-13,15,20H,14H2,1H3,(H,27,30)(H,28,29)/t15-,20+/m1/s1. The molecule has 0 spiro atoms. The molecule has 0 unspecified atom stereocenters. The summed E-state index contributed by atoms with van der Waals surface area (Å²) in [5.74, 6) is 0.134. The molecule has 0 aliphatic carbocycles. The number of carbonyl (C=O) groups excluding carboxylic acids is 1. The van der Waals surface area contributed by atoms with Gasteiger partial charge in [-0.05, 0) is 60.9 Å². The molecule has 2 atom stereocenters. The second-order valence-electron chi connectivity index (χ2n) is 7.35. The van der Waals surface area contributed by atoms with Gasteiger partial charge >= 0.3 is 0 Å². The Kier molecular flexibility index (Phi) is 6.07. The molecule has 1 amide bonds. The number of carbonyl (C=O) groups is 1. The van der Waals surface area contributed by atoms with Crippen LogP contribution in [0.5, 0.6) is 0 Å². The van der Waals surface area contributed by atoms with E-state index in [4.69, 9.17) is 23.2 Å². The molecule has 0 saturated carbocycles. The lowest BCUT2D eigenvalue weighted by molar-refractivity contribution is 0.0925. The molecule has 30 heavy (non-hydrogen) atoms. The highest BCUT2D eigenvalue weighted by atomic mass is 35.5. The molecule has 4 rings (SSSR count). The fraction of sp³-hybridized carbons (Fsp3) is 0.167. The predicted molar refractivity (Wildman–Crippen MR) is 122 cm³/mol. The minimum Gasteiger partial charge on any atom is -0.346 e. The maximum Gasteiger partial charge on any atom is 0.287 e. The van der Waals surface area contributed by atoms with Crippen LogP contribution in [0.1, 0.15) is 34.6 Å². The van der Waals surface area contributed by atoms with E-state index < -0.39 is 0 Å². The van der Waals surface area contributed by atoms with Gasteiger partial charge in [0.25, 0.3) is 5.91 Å². The van der Waals surface area contributed by atoms with Gasteiger partial charge < -0.3 is 10.3 Å². The second-order valence-corrected chi connectivity index (χ2v) is 8.23. The summed E-state index contributed by atoms with van der Waals surface area (Å²) >= 11 is 12.1. The molecule has 0 fully saturated rings. The first kappa shape index (κ1) is 20.5. The number of amides is 1. The number of benzene rings is 3. The zero-order chi connectivity index (χ0) is 21.1. The Bertz CT molecular complexity index is 1120. The number of H-pyrrole nitrogens is 1. The SMILES string of the molecule is C[C@@H](NC(=O)c1nc2ccccc2[nH]1)[C@H](Cc1ccc(Cl)cc1)c1ccc(Cl)cc1. The Morgan fingerprint density at radius 1 is 0.967 bits per heavy atom. The van der Waals surface area contributed by atoms with Crippen molar-refractivity contribution in [2.24, 2.45) is 0 Å². The quantitative estimate of drug-likeness (QED) is 0.387. The molecule has 1 aromatic heterocycles. The van der Waals surface area contributed by atoms with Crippen LogP contribution in [0.2, 0.25) is 10.0 Å². The maximum atomic E-state index is 12.9. The maximum absolute atomic E-state index is 12.9. The van der Waals surface area contributed by atoms with E-state index in [1.54, 1.807) is 0 Å². The Balaban J connectivity index is 1.57. The van der Waals surface area contributed by atoms with Crippen molar-refractivity contribution in [3.63, 3.8) is 0 Å². The summed E-state index contributed by atoms with van der Waals surface area (Å²) in [4.78, 5) is 20.4. The number of hydrogen-bond donors (Lipinski definition) is 2. The van der Waals surface area contributed by atoms with Gasteiger partial charge in [-0.25, -0.2) is 4.98 Å². The smallest absolute Gasteiger partial charge is 0.287 e. The Labute approximate surface area is 185 Å². The topological polar surface area (TPSA) is 57.8 Å². The first-order valence-electron chi connectivity index (χ1n) is 9.75. The van der Waals surface area contributed by atoms with Crippen molar-refractivity contribution in [1.82, 2.24) is 15.3 Å². The summed E-state index contributed by atoms with van der Waals surface area (Å²) in [6, 6.07) is 23.0. The van der Waals surface area contributed by atoms with E-state index in [1.165, 1.54) is 0 Å². The lowest BCUT2D eigenvalue weighted by atomic mass is 9.86. The largest absolute Gasteiger partial charge is 0.346 e.